The van der Waals surface area contributed by atoms with Crippen molar-refractivity contribution in [2.75, 3.05) is 6.54 Å². The molecule has 1 aromatic heterocycles. The monoisotopic (exact) mass is 277 g/mol. The summed E-state index contributed by atoms with van der Waals surface area (Å²) in [5.74, 6) is -1.05. The largest absolute Gasteiger partial charge is 0.412 e. The van der Waals surface area contributed by atoms with Gasteiger partial charge in [-0.2, -0.15) is 0 Å². The van der Waals surface area contributed by atoms with E-state index in [1.807, 2.05) is 0 Å². The lowest BCUT2D eigenvalue weighted by Gasteiger charge is -2.00. The third kappa shape index (κ3) is 3.40. The van der Waals surface area contributed by atoms with Crippen LogP contribution in [-0.2, 0) is 0 Å². The molecule has 2 aromatic rings. The molecule has 0 aliphatic carbocycles. The van der Waals surface area contributed by atoms with Crippen LogP contribution in [0.1, 0.15) is 36.9 Å². The number of aromatic nitrogens is 2. The van der Waals surface area contributed by atoms with Crippen LogP contribution in [0.5, 0.6) is 0 Å². The first kappa shape index (κ1) is 14.2. The van der Waals surface area contributed by atoms with Crippen molar-refractivity contribution < 1.29 is 13.6 Å². The van der Waals surface area contributed by atoms with Crippen LogP contribution >= 0.6 is 0 Å². The van der Waals surface area contributed by atoms with Crippen LogP contribution in [-0.4, -0.2) is 22.6 Å². The van der Waals surface area contributed by atoms with E-state index in [-0.39, 0.29) is 17.3 Å². The Morgan fingerprint density at radius 1 is 1.30 bits per heavy atom. The van der Waals surface area contributed by atoms with Crippen LogP contribution in [0, 0.1) is 5.82 Å². The van der Waals surface area contributed by atoms with E-state index < -0.39 is 11.7 Å². The molecular formula is C14H16FN3O2. The van der Waals surface area contributed by atoms with Crippen molar-refractivity contribution in [2.45, 2.75) is 26.2 Å². The fraction of sp³-hybridized carbons (Fsp3) is 0.357. The lowest BCUT2D eigenvalue weighted by Crippen LogP contribution is -2.24. The van der Waals surface area contributed by atoms with Gasteiger partial charge in [-0.25, -0.2) is 4.39 Å². The maximum atomic E-state index is 13.5. The van der Waals surface area contributed by atoms with Gasteiger partial charge in [-0.3, -0.25) is 4.79 Å². The van der Waals surface area contributed by atoms with Crippen molar-refractivity contribution in [1.29, 1.82) is 0 Å². The molecule has 0 aliphatic rings. The Hall–Kier alpha value is -2.24. The Morgan fingerprint density at radius 2 is 2.10 bits per heavy atom. The summed E-state index contributed by atoms with van der Waals surface area (Å²) in [6.45, 7) is 2.64. The van der Waals surface area contributed by atoms with Crippen LogP contribution in [0.3, 0.4) is 0 Å². The molecule has 0 saturated heterocycles. The van der Waals surface area contributed by atoms with Crippen LogP contribution < -0.4 is 5.32 Å². The summed E-state index contributed by atoms with van der Waals surface area (Å²) >= 11 is 0. The number of amides is 1. The number of rotatable bonds is 6. The van der Waals surface area contributed by atoms with Gasteiger partial charge in [-0.05, 0) is 18.6 Å². The standard InChI is InChI=1S/C14H16FN3O2/c1-2-3-6-9-16-12(19)14-18-17-13(20-14)10-7-4-5-8-11(10)15/h4-5,7-8H,2-3,6,9H2,1H3,(H,16,19). The van der Waals surface area contributed by atoms with E-state index in [1.165, 1.54) is 12.1 Å². The third-order valence-corrected chi connectivity index (χ3v) is 2.79. The topological polar surface area (TPSA) is 68.0 Å². The third-order valence-electron chi connectivity index (χ3n) is 2.79. The smallest absolute Gasteiger partial charge is 0.308 e. The van der Waals surface area contributed by atoms with Crippen molar-refractivity contribution in [3.63, 3.8) is 0 Å². The highest BCUT2D eigenvalue weighted by atomic mass is 19.1. The Balaban J connectivity index is 2.02. The zero-order valence-corrected chi connectivity index (χ0v) is 11.2. The van der Waals surface area contributed by atoms with E-state index in [0.717, 1.165) is 19.3 Å². The van der Waals surface area contributed by atoms with Crippen molar-refractivity contribution in [1.82, 2.24) is 15.5 Å². The molecule has 0 atom stereocenters. The average molecular weight is 277 g/mol. The normalized spacial score (nSPS) is 10.5. The van der Waals surface area contributed by atoms with Gasteiger partial charge in [0.2, 0.25) is 0 Å². The highest BCUT2D eigenvalue weighted by Crippen LogP contribution is 2.20. The lowest BCUT2D eigenvalue weighted by atomic mass is 10.2. The van der Waals surface area contributed by atoms with Gasteiger partial charge < -0.3 is 9.73 Å². The summed E-state index contributed by atoms with van der Waals surface area (Å²) in [6, 6.07) is 6.04. The molecule has 1 aromatic carbocycles. The van der Waals surface area contributed by atoms with Crippen LogP contribution in [0.15, 0.2) is 28.7 Å². The second kappa shape index (κ2) is 6.79. The SMILES string of the molecule is CCCCCNC(=O)c1nnc(-c2ccccc2F)o1. The fourth-order valence-corrected chi connectivity index (χ4v) is 1.71. The first-order valence-electron chi connectivity index (χ1n) is 6.59. The first-order chi connectivity index (χ1) is 9.72. The Morgan fingerprint density at radius 3 is 2.85 bits per heavy atom. The minimum absolute atomic E-state index is 0.00167. The average Bonchev–Trinajstić information content (AvgIpc) is 2.93. The van der Waals surface area contributed by atoms with Crippen LogP contribution in [0.2, 0.25) is 0 Å². The zero-order valence-electron chi connectivity index (χ0n) is 11.2. The minimum Gasteiger partial charge on any atom is -0.412 e. The molecule has 6 heteroatoms. The summed E-state index contributed by atoms with van der Waals surface area (Å²) in [5, 5.41) is 10.0. The quantitative estimate of drug-likeness (QED) is 0.824. The maximum absolute atomic E-state index is 13.5. The summed E-state index contributed by atoms with van der Waals surface area (Å²) < 4.78 is 18.7. The van der Waals surface area contributed by atoms with Gasteiger partial charge >= 0.3 is 11.8 Å². The number of carbonyl (C=O) groups is 1. The molecule has 0 spiro atoms. The van der Waals surface area contributed by atoms with E-state index in [9.17, 15) is 9.18 Å². The van der Waals surface area contributed by atoms with Gasteiger partial charge in [0.15, 0.2) is 0 Å². The molecule has 106 valence electrons. The molecule has 0 saturated carbocycles. The number of halogens is 1. The van der Waals surface area contributed by atoms with Crippen molar-refractivity contribution in [3.05, 3.63) is 36.0 Å². The predicted octanol–water partition coefficient (Wildman–Crippen LogP) is 2.80. The molecule has 20 heavy (non-hydrogen) atoms. The molecule has 5 nitrogen and oxygen atoms in total. The second-order valence-electron chi connectivity index (χ2n) is 4.36. The number of carbonyl (C=O) groups excluding carboxylic acids is 1. The van der Waals surface area contributed by atoms with Gasteiger partial charge in [-0.15, -0.1) is 10.2 Å². The van der Waals surface area contributed by atoms with Crippen molar-refractivity contribution in [3.8, 4) is 11.5 Å². The van der Waals surface area contributed by atoms with E-state index >= 15 is 0 Å². The zero-order chi connectivity index (χ0) is 14.4. The van der Waals surface area contributed by atoms with Crippen LogP contribution in [0.4, 0.5) is 4.39 Å². The van der Waals surface area contributed by atoms with Crippen molar-refractivity contribution >= 4 is 5.91 Å². The van der Waals surface area contributed by atoms with Gasteiger partial charge in [0.1, 0.15) is 5.82 Å². The molecule has 0 radical (unpaired) electrons. The molecule has 0 aliphatic heterocycles. The van der Waals surface area contributed by atoms with Gasteiger partial charge in [0.05, 0.1) is 5.56 Å². The first-order valence-corrected chi connectivity index (χ1v) is 6.59. The summed E-state index contributed by atoms with van der Waals surface area (Å²) in [6.07, 6.45) is 3.02. The number of nitrogens with zero attached hydrogens (tertiary/aromatic N) is 2. The Kier molecular flexibility index (Phi) is 4.81. The lowest BCUT2D eigenvalue weighted by molar-refractivity contribution is 0.0919. The molecule has 0 fully saturated rings. The van der Waals surface area contributed by atoms with E-state index in [0.29, 0.717) is 6.54 Å². The van der Waals surface area contributed by atoms with Gasteiger partial charge in [0, 0.05) is 6.54 Å². The van der Waals surface area contributed by atoms with E-state index in [1.54, 1.807) is 12.1 Å². The highest BCUT2D eigenvalue weighted by molar-refractivity contribution is 5.89. The molecule has 1 heterocycles. The summed E-state index contributed by atoms with van der Waals surface area (Å²) in [7, 11) is 0. The van der Waals surface area contributed by atoms with Gasteiger partial charge in [-0.1, -0.05) is 31.9 Å². The van der Waals surface area contributed by atoms with E-state index in [4.69, 9.17) is 4.42 Å². The number of unbranched alkanes of at least 4 members (excludes halogenated alkanes) is 2. The van der Waals surface area contributed by atoms with Crippen molar-refractivity contribution in [2.24, 2.45) is 0 Å². The second-order valence-corrected chi connectivity index (χ2v) is 4.36. The number of hydrogen-bond donors (Lipinski definition) is 1. The number of nitrogens with one attached hydrogen (secondary N) is 1. The maximum Gasteiger partial charge on any atom is 0.308 e. The van der Waals surface area contributed by atoms with E-state index in [2.05, 4.69) is 22.4 Å². The fourth-order valence-electron chi connectivity index (χ4n) is 1.71. The highest BCUT2D eigenvalue weighted by Gasteiger charge is 2.17. The molecule has 1 amide bonds. The predicted molar refractivity (Wildman–Crippen MR) is 71.6 cm³/mol. The minimum atomic E-state index is -0.467. The van der Waals surface area contributed by atoms with Crippen LogP contribution in [0.25, 0.3) is 11.5 Å². The number of benzene rings is 1. The molecule has 0 unspecified atom stereocenters. The molecular weight excluding hydrogens is 261 g/mol. The number of hydrogen-bond acceptors (Lipinski definition) is 4. The molecule has 2 rings (SSSR count). The summed E-state index contributed by atoms with van der Waals surface area (Å²) in [5.41, 5.74) is 0.185. The molecule has 0 bridgehead atoms. The summed E-state index contributed by atoms with van der Waals surface area (Å²) in [4.78, 5) is 11.7. The molecule has 1 N–H and O–H groups in total. The Bertz CT molecular complexity index is 583. The van der Waals surface area contributed by atoms with Gasteiger partial charge in [0.25, 0.3) is 5.89 Å². The Labute approximate surface area is 116 Å².